The van der Waals surface area contributed by atoms with Crippen LogP contribution in [0.4, 0.5) is 0 Å². The second-order valence-corrected chi connectivity index (χ2v) is 6.05. The SMILES string of the molecule is N#CCC[C@@H](C#N)CN1CCN(C[C@@H](O)c2ccccc2)CC1. The van der Waals surface area contributed by atoms with Crippen LogP contribution in [0.25, 0.3) is 0 Å². The quantitative estimate of drug-likeness (QED) is 0.831. The van der Waals surface area contributed by atoms with Gasteiger partial charge in [-0.1, -0.05) is 30.3 Å². The molecule has 0 saturated carbocycles. The lowest BCUT2D eigenvalue weighted by Crippen LogP contribution is -2.48. The van der Waals surface area contributed by atoms with Gasteiger partial charge in [0.05, 0.1) is 24.2 Å². The summed E-state index contributed by atoms with van der Waals surface area (Å²) in [6.07, 6.45) is 0.645. The Hall–Kier alpha value is -1.92. The lowest BCUT2D eigenvalue weighted by molar-refractivity contribution is 0.0692. The molecule has 0 aromatic heterocycles. The number of benzene rings is 1. The molecule has 1 saturated heterocycles. The lowest BCUT2D eigenvalue weighted by Gasteiger charge is -2.36. The second-order valence-electron chi connectivity index (χ2n) is 6.05. The van der Waals surface area contributed by atoms with Crippen molar-refractivity contribution in [1.29, 1.82) is 10.5 Å². The Balaban J connectivity index is 1.73. The van der Waals surface area contributed by atoms with E-state index in [-0.39, 0.29) is 5.92 Å². The molecule has 0 radical (unpaired) electrons. The molecule has 0 aliphatic carbocycles. The van der Waals surface area contributed by atoms with Crippen LogP contribution >= 0.6 is 0 Å². The first kappa shape index (κ1) is 17.4. The summed E-state index contributed by atoms with van der Waals surface area (Å²) >= 11 is 0. The normalized spacial score (nSPS) is 18.7. The molecular weight excluding hydrogens is 288 g/mol. The smallest absolute Gasteiger partial charge is 0.0916 e. The molecule has 2 atom stereocenters. The number of hydrogen-bond acceptors (Lipinski definition) is 5. The van der Waals surface area contributed by atoms with E-state index < -0.39 is 6.10 Å². The minimum atomic E-state index is -0.453. The fourth-order valence-corrected chi connectivity index (χ4v) is 2.93. The van der Waals surface area contributed by atoms with Gasteiger partial charge in [-0.2, -0.15) is 10.5 Å². The van der Waals surface area contributed by atoms with Crippen LogP contribution in [0.3, 0.4) is 0 Å². The summed E-state index contributed by atoms with van der Waals surface area (Å²) in [4.78, 5) is 4.56. The maximum Gasteiger partial charge on any atom is 0.0916 e. The van der Waals surface area contributed by atoms with Crippen LogP contribution < -0.4 is 0 Å². The van der Waals surface area contributed by atoms with E-state index in [1.807, 2.05) is 30.3 Å². The summed E-state index contributed by atoms with van der Waals surface area (Å²) in [7, 11) is 0. The highest BCUT2D eigenvalue weighted by atomic mass is 16.3. The Bertz CT molecular complexity index is 540. The molecule has 1 aromatic carbocycles. The van der Waals surface area contributed by atoms with E-state index in [9.17, 15) is 5.11 Å². The van der Waals surface area contributed by atoms with E-state index in [1.165, 1.54) is 0 Å². The number of aliphatic hydroxyl groups excluding tert-OH is 1. The number of β-amino-alcohol motifs (C(OH)–C–C–N with tert-alkyl or cyclic N) is 1. The summed E-state index contributed by atoms with van der Waals surface area (Å²) < 4.78 is 0. The molecule has 0 amide bonds. The van der Waals surface area contributed by atoms with Crippen molar-refractivity contribution in [2.45, 2.75) is 18.9 Å². The summed E-state index contributed by atoms with van der Waals surface area (Å²) in [6, 6.07) is 14.2. The first-order valence-corrected chi connectivity index (χ1v) is 8.17. The average molecular weight is 312 g/mol. The Morgan fingerprint density at radius 2 is 1.61 bits per heavy atom. The summed E-state index contributed by atoms with van der Waals surface area (Å²) in [5.41, 5.74) is 0.955. The number of hydrogen-bond donors (Lipinski definition) is 1. The molecule has 5 nitrogen and oxygen atoms in total. The fourth-order valence-electron chi connectivity index (χ4n) is 2.93. The van der Waals surface area contributed by atoms with Crippen LogP contribution in [0.2, 0.25) is 0 Å². The molecule has 1 heterocycles. The van der Waals surface area contributed by atoms with E-state index in [4.69, 9.17) is 10.5 Å². The molecule has 23 heavy (non-hydrogen) atoms. The van der Waals surface area contributed by atoms with Crippen LogP contribution in [0, 0.1) is 28.6 Å². The first-order valence-electron chi connectivity index (χ1n) is 8.17. The molecule has 0 unspecified atom stereocenters. The topological polar surface area (TPSA) is 74.3 Å². The number of aliphatic hydroxyl groups is 1. The monoisotopic (exact) mass is 312 g/mol. The van der Waals surface area contributed by atoms with Crippen LogP contribution in [0.1, 0.15) is 24.5 Å². The van der Waals surface area contributed by atoms with Gasteiger partial charge in [0.15, 0.2) is 0 Å². The Kier molecular flexibility index (Phi) is 7.03. The Labute approximate surface area is 138 Å². The summed E-state index contributed by atoms with van der Waals surface area (Å²) in [5, 5.41) is 28.1. The molecule has 1 aliphatic heterocycles. The van der Waals surface area contributed by atoms with Gasteiger partial charge in [0.25, 0.3) is 0 Å². The van der Waals surface area contributed by atoms with Gasteiger partial charge in [0.2, 0.25) is 0 Å². The predicted molar refractivity (Wildman–Crippen MR) is 88.2 cm³/mol. The van der Waals surface area contributed by atoms with Crippen molar-refractivity contribution in [3.8, 4) is 12.1 Å². The fraction of sp³-hybridized carbons (Fsp3) is 0.556. The summed E-state index contributed by atoms with van der Waals surface area (Å²) in [5.74, 6) is -0.0592. The highest BCUT2D eigenvalue weighted by Crippen LogP contribution is 2.16. The van der Waals surface area contributed by atoms with Gasteiger partial charge in [-0.3, -0.25) is 9.80 Å². The Morgan fingerprint density at radius 1 is 1.00 bits per heavy atom. The van der Waals surface area contributed by atoms with Crippen molar-refractivity contribution in [3.63, 3.8) is 0 Å². The van der Waals surface area contributed by atoms with Crippen molar-refractivity contribution in [2.75, 3.05) is 39.3 Å². The van der Waals surface area contributed by atoms with Gasteiger partial charge >= 0.3 is 0 Å². The summed E-state index contributed by atoms with van der Waals surface area (Å²) in [6.45, 7) is 5.01. The second kappa shape index (κ2) is 9.27. The third-order valence-electron chi connectivity index (χ3n) is 4.35. The number of piperazine rings is 1. The van der Waals surface area contributed by atoms with Crippen molar-refractivity contribution in [1.82, 2.24) is 9.80 Å². The molecular formula is C18H24N4O. The van der Waals surface area contributed by atoms with E-state index in [0.717, 1.165) is 38.3 Å². The van der Waals surface area contributed by atoms with E-state index >= 15 is 0 Å². The number of nitrogens with zero attached hydrogens (tertiary/aromatic N) is 4. The van der Waals surface area contributed by atoms with Crippen molar-refractivity contribution in [2.24, 2.45) is 5.92 Å². The van der Waals surface area contributed by atoms with Gasteiger partial charge in [-0.05, 0) is 12.0 Å². The molecule has 1 aliphatic rings. The number of rotatable bonds is 7. The zero-order valence-electron chi connectivity index (χ0n) is 13.4. The predicted octanol–water partition coefficient (Wildman–Crippen LogP) is 1.78. The molecule has 122 valence electrons. The van der Waals surface area contributed by atoms with Crippen LogP contribution in [-0.2, 0) is 0 Å². The lowest BCUT2D eigenvalue weighted by atomic mass is 10.0. The minimum Gasteiger partial charge on any atom is -0.387 e. The average Bonchev–Trinajstić information content (AvgIpc) is 2.60. The highest BCUT2D eigenvalue weighted by Gasteiger charge is 2.21. The molecule has 2 rings (SSSR count). The van der Waals surface area contributed by atoms with E-state index in [2.05, 4.69) is 21.9 Å². The van der Waals surface area contributed by atoms with Crippen LogP contribution in [0.15, 0.2) is 30.3 Å². The van der Waals surface area contributed by atoms with Gasteiger partial charge in [0.1, 0.15) is 0 Å². The zero-order valence-corrected chi connectivity index (χ0v) is 13.4. The molecule has 1 fully saturated rings. The Morgan fingerprint density at radius 3 is 2.17 bits per heavy atom. The van der Waals surface area contributed by atoms with E-state index in [1.54, 1.807) is 0 Å². The molecule has 1 aromatic rings. The van der Waals surface area contributed by atoms with Gasteiger partial charge < -0.3 is 5.11 Å². The van der Waals surface area contributed by atoms with Gasteiger partial charge in [-0.15, -0.1) is 0 Å². The third kappa shape index (κ3) is 5.65. The third-order valence-corrected chi connectivity index (χ3v) is 4.35. The van der Waals surface area contributed by atoms with Crippen LogP contribution in [0.5, 0.6) is 0 Å². The molecule has 1 N–H and O–H groups in total. The molecule has 0 spiro atoms. The van der Waals surface area contributed by atoms with Crippen molar-refractivity contribution >= 4 is 0 Å². The van der Waals surface area contributed by atoms with Gasteiger partial charge in [-0.25, -0.2) is 0 Å². The molecule has 5 heteroatoms. The van der Waals surface area contributed by atoms with Gasteiger partial charge in [0, 0.05) is 45.7 Å². The maximum absolute atomic E-state index is 10.3. The standard InChI is InChI=1S/C18H24N4O/c19-8-4-5-16(13-20)14-21-9-11-22(12-10-21)15-18(23)17-6-2-1-3-7-17/h1-3,6-7,16,18,23H,4-5,9-12,14-15H2/t16-,18+/m0/s1. The maximum atomic E-state index is 10.3. The number of nitriles is 2. The van der Waals surface area contributed by atoms with Crippen molar-refractivity contribution < 1.29 is 5.11 Å². The zero-order chi connectivity index (χ0) is 16.5. The minimum absolute atomic E-state index is 0.0592. The van der Waals surface area contributed by atoms with Crippen molar-refractivity contribution in [3.05, 3.63) is 35.9 Å². The largest absolute Gasteiger partial charge is 0.387 e. The highest BCUT2D eigenvalue weighted by molar-refractivity contribution is 5.17. The van der Waals surface area contributed by atoms with E-state index in [0.29, 0.717) is 19.4 Å². The van der Waals surface area contributed by atoms with Crippen LogP contribution in [-0.4, -0.2) is 54.2 Å². The molecule has 0 bridgehead atoms. The first-order chi connectivity index (χ1) is 11.2.